The number of anilines is 1. The number of nitrogens with one attached hydrogen (secondary N) is 1. The minimum atomic E-state index is -1.59. The van der Waals surface area contributed by atoms with E-state index in [4.69, 9.17) is 11.6 Å². The number of nitro benzene ring substituents is 1. The molecule has 0 radical (unpaired) electrons. The molecule has 0 fully saturated rings. The van der Waals surface area contributed by atoms with Crippen molar-refractivity contribution >= 4 is 45.6 Å². The lowest BCUT2D eigenvalue weighted by Crippen LogP contribution is -2.34. The van der Waals surface area contributed by atoms with Crippen LogP contribution in [0.2, 0.25) is 5.02 Å². The number of carboxylic acid groups (broad SMARTS) is 1. The molecule has 142 valence electrons. The molecule has 0 aliphatic heterocycles. The van der Waals surface area contributed by atoms with Crippen LogP contribution in [-0.4, -0.2) is 26.6 Å². The number of hydrogen-bond acceptors (Lipinski definition) is 7. The summed E-state index contributed by atoms with van der Waals surface area (Å²) in [5.41, 5.74) is -1.30. The lowest BCUT2D eigenvalue weighted by atomic mass is 10.1. The topological polar surface area (TPSA) is 147 Å². The molecular weight excluding hydrogens is 392 g/mol. The monoisotopic (exact) mass is 401 g/mol. The van der Waals surface area contributed by atoms with E-state index >= 15 is 0 Å². The number of carboxylic acids is 1. The quantitative estimate of drug-likeness (QED) is 0.494. The third-order valence-corrected chi connectivity index (χ3v) is 4.10. The van der Waals surface area contributed by atoms with Gasteiger partial charge in [0.2, 0.25) is 5.91 Å². The van der Waals surface area contributed by atoms with Gasteiger partial charge in [0.25, 0.3) is 11.2 Å². The number of rotatable bonds is 5. The van der Waals surface area contributed by atoms with Crippen molar-refractivity contribution in [3.8, 4) is 0 Å². The molecule has 2 aromatic carbocycles. The van der Waals surface area contributed by atoms with Crippen LogP contribution in [0.4, 0.5) is 11.4 Å². The van der Waals surface area contributed by atoms with E-state index in [9.17, 15) is 29.6 Å². The van der Waals surface area contributed by atoms with Gasteiger partial charge < -0.3 is 15.2 Å². The Morgan fingerprint density at radius 3 is 2.46 bits per heavy atom. The summed E-state index contributed by atoms with van der Waals surface area (Å²) in [5, 5.41) is 28.2. The number of carbonyl (C=O) groups is 2. The van der Waals surface area contributed by atoms with Crippen LogP contribution in [0.1, 0.15) is 10.5 Å². The SMILES string of the molecule is O=C(Cn1nc(C(=O)[O-])c2ccccc2c1=O)Nc1ccc([N+](=O)[O-])cc1Cl. The van der Waals surface area contributed by atoms with Crippen LogP contribution in [0.25, 0.3) is 10.8 Å². The Balaban J connectivity index is 1.92. The maximum absolute atomic E-state index is 12.5. The summed E-state index contributed by atoms with van der Waals surface area (Å²) in [6.45, 7) is -0.600. The van der Waals surface area contributed by atoms with E-state index in [2.05, 4.69) is 10.4 Å². The fourth-order valence-electron chi connectivity index (χ4n) is 2.54. The van der Waals surface area contributed by atoms with E-state index < -0.39 is 34.6 Å². The second-order valence-corrected chi connectivity index (χ2v) is 6.02. The van der Waals surface area contributed by atoms with Crippen LogP contribution in [0, 0.1) is 10.1 Å². The molecule has 0 atom stereocenters. The highest BCUT2D eigenvalue weighted by molar-refractivity contribution is 6.33. The molecular formula is C17H10ClN4O6-. The number of non-ortho nitro benzene ring substituents is 1. The number of halogens is 1. The van der Waals surface area contributed by atoms with E-state index in [0.29, 0.717) is 4.68 Å². The predicted octanol–water partition coefficient (Wildman–Crippen LogP) is 0.960. The Morgan fingerprint density at radius 1 is 1.18 bits per heavy atom. The highest BCUT2D eigenvalue weighted by Crippen LogP contribution is 2.26. The van der Waals surface area contributed by atoms with E-state index in [1.54, 1.807) is 12.1 Å². The lowest BCUT2D eigenvalue weighted by Gasteiger charge is -2.12. The van der Waals surface area contributed by atoms with Gasteiger partial charge in [-0.1, -0.05) is 29.8 Å². The van der Waals surface area contributed by atoms with Crippen molar-refractivity contribution in [3.05, 3.63) is 73.6 Å². The zero-order chi connectivity index (χ0) is 20.4. The average molecular weight is 402 g/mol. The summed E-state index contributed by atoms with van der Waals surface area (Å²) in [5.74, 6) is -2.33. The first-order valence-corrected chi connectivity index (χ1v) is 8.10. The van der Waals surface area contributed by atoms with Gasteiger partial charge in [-0.2, -0.15) is 5.10 Å². The number of hydrogen-bond donors (Lipinski definition) is 1. The van der Waals surface area contributed by atoms with Crippen LogP contribution in [0.5, 0.6) is 0 Å². The molecule has 1 aromatic heterocycles. The standard InChI is InChI=1S/C17H11ClN4O6/c18-12-7-9(22(27)28)5-6-13(12)19-14(23)8-21-16(24)11-4-2-1-3-10(11)15(20-21)17(25)26/h1-7H,8H2,(H,19,23)(H,25,26)/p-1. The Hall–Kier alpha value is -3.79. The van der Waals surface area contributed by atoms with Gasteiger partial charge >= 0.3 is 0 Å². The second-order valence-electron chi connectivity index (χ2n) is 5.61. The number of aromatic nitrogens is 2. The number of nitro groups is 1. The van der Waals surface area contributed by atoms with Crippen molar-refractivity contribution in [2.75, 3.05) is 5.32 Å². The molecule has 0 saturated heterocycles. The molecule has 1 N–H and O–H groups in total. The molecule has 0 spiro atoms. The Morgan fingerprint density at radius 2 is 1.86 bits per heavy atom. The summed E-state index contributed by atoms with van der Waals surface area (Å²) >= 11 is 5.91. The largest absolute Gasteiger partial charge is 0.543 e. The minimum absolute atomic E-state index is 0.0675. The number of aromatic carboxylic acids is 1. The molecule has 0 saturated carbocycles. The van der Waals surface area contributed by atoms with Crippen LogP contribution in [0.3, 0.4) is 0 Å². The zero-order valence-electron chi connectivity index (χ0n) is 13.9. The van der Waals surface area contributed by atoms with Crippen molar-refractivity contribution < 1.29 is 19.6 Å². The fourth-order valence-corrected chi connectivity index (χ4v) is 2.76. The zero-order valence-corrected chi connectivity index (χ0v) is 14.7. The first kappa shape index (κ1) is 19.0. The molecule has 28 heavy (non-hydrogen) atoms. The Labute approximate surface area is 161 Å². The van der Waals surface area contributed by atoms with E-state index in [1.165, 1.54) is 18.2 Å². The van der Waals surface area contributed by atoms with Crippen molar-refractivity contribution in [1.29, 1.82) is 0 Å². The molecule has 0 aliphatic rings. The molecule has 10 nitrogen and oxygen atoms in total. The summed E-state index contributed by atoms with van der Waals surface area (Å²) in [6.07, 6.45) is 0. The van der Waals surface area contributed by atoms with Crippen LogP contribution < -0.4 is 16.0 Å². The minimum Gasteiger partial charge on any atom is -0.543 e. The van der Waals surface area contributed by atoms with Gasteiger partial charge in [-0.3, -0.25) is 19.7 Å². The number of benzene rings is 2. The lowest BCUT2D eigenvalue weighted by molar-refractivity contribution is -0.384. The molecule has 0 bridgehead atoms. The van der Waals surface area contributed by atoms with Crippen molar-refractivity contribution in [3.63, 3.8) is 0 Å². The van der Waals surface area contributed by atoms with Crippen LogP contribution >= 0.6 is 11.6 Å². The van der Waals surface area contributed by atoms with Crippen molar-refractivity contribution in [2.24, 2.45) is 0 Å². The van der Waals surface area contributed by atoms with Gasteiger partial charge in [-0.25, -0.2) is 4.68 Å². The summed E-state index contributed by atoms with van der Waals surface area (Å²) < 4.78 is 0.697. The molecule has 3 rings (SSSR count). The van der Waals surface area contributed by atoms with Gasteiger partial charge in [0, 0.05) is 17.5 Å². The molecule has 1 amide bonds. The second kappa shape index (κ2) is 7.45. The normalized spacial score (nSPS) is 10.6. The number of nitrogens with zero attached hydrogens (tertiary/aromatic N) is 3. The third kappa shape index (κ3) is 3.67. The molecule has 11 heteroatoms. The Bertz CT molecular complexity index is 1190. The number of amides is 1. The molecule has 0 unspecified atom stereocenters. The maximum atomic E-state index is 12.5. The van der Waals surface area contributed by atoms with Gasteiger partial charge in [0.15, 0.2) is 0 Å². The smallest absolute Gasteiger partial charge is 0.275 e. The predicted molar refractivity (Wildman–Crippen MR) is 97.1 cm³/mol. The molecule has 0 aliphatic carbocycles. The third-order valence-electron chi connectivity index (χ3n) is 3.79. The first-order valence-electron chi connectivity index (χ1n) is 7.73. The fraction of sp³-hybridized carbons (Fsp3) is 0.0588. The van der Waals surface area contributed by atoms with Gasteiger partial charge in [-0.15, -0.1) is 0 Å². The summed E-state index contributed by atoms with van der Waals surface area (Å²) in [6, 6.07) is 9.36. The average Bonchev–Trinajstić information content (AvgIpc) is 2.65. The van der Waals surface area contributed by atoms with Gasteiger partial charge in [0.1, 0.15) is 12.2 Å². The highest BCUT2D eigenvalue weighted by Gasteiger charge is 2.15. The highest BCUT2D eigenvalue weighted by atomic mass is 35.5. The van der Waals surface area contributed by atoms with Crippen molar-refractivity contribution in [2.45, 2.75) is 6.54 Å². The van der Waals surface area contributed by atoms with Crippen LogP contribution in [-0.2, 0) is 11.3 Å². The van der Waals surface area contributed by atoms with E-state index in [0.717, 1.165) is 12.1 Å². The molecule has 3 aromatic rings. The molecule has 1 heterocycles. The number of fused-ring (bicyclic) bond motifs is 1. The van der Waals surface area contributed by atoms with E-state index in [-0.39, 0.29) is 27.2 Å². The maximum Gasteiger partial charge on any atom is 0.275 e. The summed E-state index contributed by atoms with van der Waals surface area (Å²) in [7, 11) is 0. The van der Waals surface area contributed by atoms with Gasteiger partial charge in [-0.05, 0) is 12.1 Å². The van der Waals surface area contributed by atoms with Crippen molar-refractivity contribution in [1.82, 2.24) is 9.78 Å². The van der Waals surface area contributed by atoms with E-state index in [1.807, 2.05) is 0 Å². The van der Waals surface area contributed by atoms with Gasteiger partial charge in [0.05, 0.1) is 27.0 Å². The Kier molecular flexibility index (Phi) is 5.05. The summed E-state index contributed by atoms with van der Waals surface area (Å²) in [4.78, 5) is 46.1. The number of carbonyl (C=O) groups excluding carboxylic acids is 2. The van der Waals surface area contributed by atoms with Crippen LogP contribution in [0.15, 0.2) is 47.3 Å². The first-order chi connectivity index (χ1) is 13.3.